The third-order valence-electron chi connectivity index (χ3n) is 2.95. The summed E-state index contributed by atoms with van der Waals surface area (Å²) in [6.45, 7) is 3.99. The predicted octanol–water partition coefficient (Wildman–Crippen LogP) is -0.545. The van der Waals surface area contributed by atoms with Crippen LogP contribution >= 0.6 is 0 Å². The van der Waals surface area contributed by atoms with Gasteiger partial charge >= 0.3 is 0 Å². The Morgan fingerprint density at radius 3 is 2.47 bits per heavy atom. The maximum atomic E-state index is 11.5. The van der Waals surface area contributed by atoms with E-state index >= 15 is 0 Å². The van der Waals surface area contributed by atoms with Crippen LogP contribution in [0, 0.1) is 0 Å². The van der Waals surface area contributed by atoms with Crippen molar-refractivity contribution in [2.24, 2.45) is 0 Å². The van der Waals surface area contributed by atoms with E-state index in [4.69, 9.17) is 0 Å². The van der Waals surface area contributed by atoms with Crippen molar-refractivity contribution in [3.63, 3.8) is 0 Å². The molecule has 0 saturated heterocycles. The van der Waals surface area contributed by atoms with Crippen molar-refractivity contribution in [1.82, 2.24) is 5.32 Å². The summed E-state index contributed by atoms with van der Waals surface area (Å²) in [6.07, 6.45) is 10.3. The number of nitrogens with one attached hydrogen (secondary N) is 1. The molecule has 3 nitrogen and oxygen atoms in total. The van der Waals surface area contributed by atoms with Gasteiger partial charge in [0, 0.05) is 31.5 Å². The molecule has 0 bridgehead atoms. The molecule has 4 heteroatoms. The van der Waals surface area contributed by atoms with Crippen LogP contribution in [-0.2, 0) is 11.3 Å². The molecule has 0 aliphatic rings. The van der Waals surface area contributed by atoms with Crippen molar-refractivity contribution in [1.29, 1.82) is 0 Å². The second kappa shape index (κ2) is 12.2. The molecule has 1 aromatic rings. The highest BCUT2D eigenvalue weighted by molar-refractivity contribution is 5.75. The highest BCUT2D eigenvalue weighted by atomic mass is 79.9. The Balaban J connectivity index is 0.00000324. The molecule has 1 N–H and O–H groups in total. The second-order valence-corrected chi connectivity index (χ2v) is 4.63. The third-order valence-corrected chi connectivity index (χ3v) is 2.95. The van der Waals surface area contributed by atoms with Crippen molar-refractivity contribution in [2.45, 2.75) is 52.0 Å². The number of rotatable bonds is 9. The van der Waals surface area contributed by atoms with E-state index in [1.54, 1.807) is 0 Å². The lowest BCUT2D eigenvalue weighted by atomic mass is 10.2. The molecule has 1 aromatic heterocycles. The van der Waals surface area contributed by atoms with Gasteiger partial charge in [-0.2, -0.15) is 0 Å². The average molecular weight is 329 g/mol. The van der Waals surface area contributed by atoms with Crippen LogP contribution in [0.3, 0.4) is 0 Å². The quantitative estimate of drug-likeness (QED) is 0.479. The molecule has 1 amide bonds. The second-order valence-electron chi connectivity index (χ2n) is 4.63. The van der Waals surface area contributed by atoms with Gasteiger partial charge in [-0.25, -0.2) is 4.57 Å². The lowest BCUT2D eigenvalue weighted by Gasteiger charge is -2.03. The number of hydrogen-bond donors (Lipinski definition) is 1. The van der Waals surface area contributed by atoms with Crippen LogP contribution < -0.4 is 26.9 Å². The molecule has 0 unspecified atom stereocenters. The third kappa shape index (κ3) is 9.65. The number of carbonyl (C=O) groups is 1. The van der Waals surface area contributed by atoms with E-state index in [0.29, 0.717) is 6.42 Å². The van der Waals surface area contributed by atoms with E-state index in [-0.39, 0.29) is 22.9 Å². The number of amides is 1. The number of aryl methyl sites for hydroxylation is 1. The summed E-state index contributed by atoms with van der Waals surface area (Å²) in [5.74, 6) is 0.198. The fourth-order valence-electron chi connectivity index (χ4n) is 1.85. The van der Waals surface area contributed by atoms with E-state index < -0.39 is 0 Å². The standard InChI is InChI=1S/C15H24N2O.BrH/c1-2-3-6-11-16-15(18)10-5-9-14-17-12-7-4-8-13-17;/h4,7-8,12-13H,2-3,5-6,9-11,14H2,1H3;1H. The Labute approximate surface area is 127 Å². The van der Waals surface area contributed by atoms with E-state index in [2.05, 4.69) is 29.2 Å². The minimum Gasteiger partial charge on any atom is -1.00 e. The SMILES string of the molecule is CCCCCNC(=O)CCCC[n+]1ccccc1.[Br-]. The van der Waals surface area contributed by atoms with Crippen LogP contribution in [0.2, 0.25) is 0 Å². The highest BCUT2D eigenvalue weighted by Crippen LogP contribution is 1.96. The van der Waals surface area contributed by atoms with Crippen LogP contribution in [0.25, 0.3) is 0 Å². The first-order valence-corrected chi connectivity index (χ1v) is 7.03. The van der Waals surface area contributed by atoms with E-state index in [1.165, 1.54) is 12.8 Å². The van der Waals surface area contributed by atoms with Gasteiger partial charge in [-0.1, -0.05) is 25.8 Å². The first-order valence-electron chi connectivity index (χ1n) is 7.03. The van der Waals surface area contributed by atoms with E-state index in [0.717, 1.165) is 32.4 Å². The van der Waals surface area contributed by atoms with Gasteiger partial charge in [0.1, 0.15) is 6.54 Å². The maximum absolute atomic E-state index is 11.5. The first-order chi connectivity index (χ1) is 8.83. The van der Waals surface area contributed by atoms with Gasteiger partial charge in [-0.05, 0) is 12.8 Å². The number of nitrogens with zero attached hydrogens (tertiary/aromatic N) is 1. The molecule has 0 atom stereocenters. The van der Waals surface area contributed by atoms with Gasteiger partial charge in [-0.3, -0.25) is 4.79 Å². The number of carbonyl (C=O) groups excluding carboxylic acids is 1. The Morgan fingerprint density at radius 1 is 1.05 bits per heavy atom. The zero-order chi connectivity index (χ0) is 13.1. The van der Waals surface area contributed by atoms with Crippen molar-refractivity contribution in [2.75, 3.05) is 6.54 Å². The summed E-state index contributed by atoms with van der Waals surface area (Å²) in [5.41, 5.74) is 0. The molecule has 0 fully saturated rings. The van der Waals surface area contributed by atoms with Crippen molar-refractivity contribution in [3.05, 3.63) is 30.6 Å². The Bertz CT molecular complexity index is 330. The maximum Gasteiger partial charge on any atom is 0.219 e. The lowest BCUT2D eigenvalue weighted by molar-refractivity contribution is -0.697. The van der Waals surface area contributed by atoms with Crippen LogP contribution in [0.15, 0.2) is 30.6 Å². The summed E-state index contributed by atoms with van der Waals surface area (Å²) in [4.78, 5) is 11.5. The number of hydrogen-bond acceptors (Lipinski definition) is 1. The van der Waals surface area contributed by atoms with Crippen LogP contribution in [0.4, 0.5) is 0 Å². The van der Waals surface area contributed by atoms with E-state index in [9.17, 15) is 4.79 Å². The van der Waals surface area contributed by atoms with Gasteiger partial charge in [0.05, 0.1) is 0 Å². The summed E-state index contributed by atoms with van der Waals surface area (Å²) < 4.78 is 2.15. The van der Waals surface area contributed by atoms with Crippen LogP contribution in [0.5, 0.6) is 0 Å². The first kappa shape index (κ1) is 18.1. The monoisotopic (exact) mass is 328 g/mol. The summed E-state index contributed by atoms with van der Waals surface area (Å²) in [6, 6.07) is 6.07. The van der Waals surface area contributed by atoms with Gasteiger partial charge in [0.15, 0.2) is 12.4 Å². The molecular formula is C15H25BrN2O. The zero-order valence-electron chi connectivity index (χ0n) is 11.8. The molecule has 108 valence electrons. The largest absolute Gasteiger partial charge is 1.00 e. The molecule has 0 aliphatic heterocycles. The molecule has 1 rings (SSSR count). The predicted molar refractivity (Wildman–Crippen MR) is 73.0 cm³/mol. The summed E-state index contributed by atoms with van der Waals surface area (Å²) >= 11 is 0. The molecule has 1 heterocycles. The molecule has 0 aromatic carbocycles. The Kier molecular flexibility index (Phi) is 11.6. The molecular weight excluding hydrogens is 304 g/mol. The zero-order valence-corrected chi connectivity index (χ0v) is 13.4. The number of halogens is 1. The Morgan fingerprint density at radius 2 is 1.79 bits per heavy atom. The van der Waals surface area contributed by atoms with Gasteiger partial charge in [-0.15, -0.1) is 0 Å². The lowest BCUT2D eigenvalue weighted by Crippen LogP contribution is -3.00. The van der Waals surface area contributed by atoms with Gasteiger partial charge < -0.3 is 22.3 Å². The fraction of sp³-hybridized carbons (Fsp3) is 0.600. The fourth-order valence-corrected chi connectivity index (χ4v) is 1.85. The summed E-state index contributed by atoms with van der Waals surface area (Å²) in [7, 11) is 0. The average Bonchev–Trinajstić information content (AvgIpc) is 2.41. The Hall–Kier alpha value is -0.900. The smallest absolute Gasteiger partial charge is 0.219 e. The topological polar surface area (TPSA) is 33.0 Å². The van der Waals surface area contributed by atoms with Crippen LogP contribution in [-0.4, -0.2) is 12.5 Å². The number of pyridine rings is 1. The minimum absolute atomic E-state index is 0. The molecule has 0 aliphatic carbocycles. The molecule has 19 heavy (non-hydrogen) atoms. The van der Waals surface area contributed by atoms with Gasteiger partial charge in [0.2, 0.25) is 5.91 Å². The number of aromatic nitrogens is 1. The van der Waals surface area contributed by atoms with Crippen molar-refractivity contribution >= 4 is 5.91 Å². The van der Waals surface area contributed by atoms with Gasteiger partial charge in [0.25, 0.3) is 0 Å². The number of unbranched alkanes of at least 4 members (excludes halogenated alkanes) is 3. The van der Waals surface area contributed by atoms with Crippen molar-refractivity contribution < 1.29 is 26.3 Å². The molecule has 0 spiro atoms. The highest BCUT2D eigenvalue weighted by Gasteiger charge is 2.02. The minimum atomic E-state index is 0. The van der Waals surface area contributed by atoms with Crippen LogP contribution in [0.1, 0.15) is 45.4 Å². The van der Waals surface area contributed by atoms with E-state index in [1.807, 2.05) is 18.2 Å². The van der Waals surface area contributed by atoms with Crippen molar-refractivity contribution in [3.8, 4) is 0 Å². The molecule has 0 saturated carbocycles. The summed E-state index contributed by atoms with van der Waals surface area (Å²) in [5, 5.41) is 2.97. The molecule has 0 radical (unpaired) electrons. The normalized spacial score (nSPS) is 9.74.